The molecule has 1 aliphatic rings. The molecule has 6 nitrogen and oxygen atoms in total. The van der Waals surface area contributed by atoms with Gasteiger partial charge >= 0.3 is 0 Å². The van der Waals surface area contributed by atoms with Gasteiger partial charge in [0, 0.05) is 46.7 Å². The van der Waals surface area contributed by atoms with Gasteiger partial charge in [-0.15, -0.1) is 24.0 Å². The number of hydrogen-bond donors (Lipinski definition) is 1. The van der Waals surface area contributed by atoms with Gasteiger partial charge in [-0.2, -0.15) is 0 Å². The highest BCUT2D eigenvalue weighted by Crippen LogP contribution is 2.22. The summed E-state index contributed by atoms with van der Waals surface area (Å²) in [7, 11) is 5.45. The molecule has 2 aromatic carbocycles. The molecule has 0 unspecified atom stereocenters. The van der Waals surface area contributed by atoms with Crippen LogP contribution < -0.4 is 10.1 Å². The highest BCUT2D eigenvalue weighted by molar-refractivity contribution is 14.0. The van der Waals surface area contributed by atoms with Crippen LogP contribution >= 0.6 is 24.0 Å². The molecule has 1 heterocycles. The summed E-state index contributed by atoms with van der Waals surface area (Å²) in [5, 5.41) is 3.36. The van der Waals surface area contributed by atoms with Gasteiger partial charge in [0.2, 0.25) is 5.91 Å². The number of halogens is 1. The van der Waals surface area contributed by atoms with Crippen molar-refractivity contribution in [3.63, 3.8) is 0 Å². The fourth-order valence-electron chi connectivity index (χ4n) is 3.57. The van der Waals surface area contributed by atoms with Crippen molar-refractivity contribution < 1.29 is 9.53 Å². The van der Waals surface area contributed by atoms with Gasteiger partial charge in [-0.3, -0.25) is 9.79 Å². The second-order valence-electron chi connectivity index (χ2n) is 7.30. The third kappa shape index (κ3) is 6.35. The van der Waals surface area contributed by atoms with Crippen LogP contribution in [0.25, 0.3) is 0 Å². The van der Waals surface area contributed by atoms with Gasteiger partial charge in [-0.25, -0.2) is 0 Å². The minimum absolute atomic E-state index is 0. The van der Waals surface area contributed by atoms with E-state index >= 15 is 0 Å². The summed E-state index contributed by atoms with van der Waals surface area (Å²) in [4.78, 5) is 20.9. The number of carbonyl (C=O) groups is 1. The van der Waals surface area contributed by atoms with E-state index in [4.69, 9.17) is 4.74 Å². The highest BCUT2D eigenvalue weighted by atomic mass is 127. The predicted octanol–water partition coefficient (Wildman–Crippen LogP) is 3.64. The van der Waals surface area contributed by atoms with Crippen LogP contribution in [0.15, 0.2) is 53.5 Å². The van der Waals surface area contributed by atoms with Gasteiger partial charge in [-0.05, 0) is 35.2 Å². The molecular formula is C23H31IN4O2. The van der Waals surface area contributed by atoms with Crippen molar-refractivity contribution in [2.24, 2.45) is 4.99 Å². The molecule has 1 N–H and O–H groups in total. The quantitative estimate of drug-likeness (QED) is 0.261. The fourth-order valence-corrected chi connectivity index (χ4v) is 3.57. The smallest absolute Gasteiger partial charge is 0.223 e. The van der Waals surface area contributed by atoms with Crippen molar-refractivity contribution in [3.8, 4) is 5.75 Å². The largest absolute Gasteiger partial charge is 0.497 e. The summed E-state index contributed by atoms with van der Waals surface area (Å²) in [6.45, 7) is 2.92. The zero-order chi connectivity index (χ0) is 20.6. The summed E-state index contributed by atoms with van der Waals surface area (Å²) in [5.41, 5.74) is 3.71. The molecule has 0 radical (unpaired) electrons. The number of methoxy groups -OCH3 is 1. The molecule has 0 bridgehead atoms. The van der Waals surface area contributed by atoms with Crippen LogP contribution in [0.2, 0.25) is 0 Å². The minimum atomic E-state index is 0. The Morgan fingerprint density at radius 2 is 1.77 bits per heavy atom. The van der Waals surface area contributed by atoms with Crippen molar-refractivity contribution >= 4 is 35.8 Å². The van der Waals surface area contributed by atoms with E-state index in [-0.39, 0.29) is 29.9 Å². The van der Waals surface area contributed by atoms with E-state index in [9.17, 15) is 4.79 Å². The normalized spacial score (nSPS) is 12.8. The lowest BCUT2D eigenvalue weighted by Crippen LogP contribution is -2.39. The topological polar surface area (TPSA) is 57.2 Å². The van der Waals surface area contributed by atoms with Crippen molar-refractivity contribution in [1.82, 2.24) is 15.1 Å². The van der Waals surface area contributed by atoms with E-state index in [1.165, 1.54) is 16.7 Å². The maximum Gasteiger partial charge on any atom is 0.223 e. The van der Waals surface area contributed by atoms with Crippen LogP contribution in [-0.2, 0) is 24.4 Å². The number of nitrogens with one attached hydrogen (secondary N) is 1. The molecule has 2 aromatic rings. The van der Waals surface area contributed by atoms with Crippen molar-refractivity contribution in [2.45, 2.75) is 32.5 Å². The molecule has 0 spiro atoms. The molecule has 162 valence electrons. The Morgan fingerprint density at radius 1 is 1.13 bits per heavy atom. The average Bonchev–Trinajstić information content (AvgIpc) is 3.18. The van der Waals surface area contributed by atoms with Crippen LogP contribution in [0.1, 0.15) is 29.5 Å². The van der Waals surface area contributed by atoms with E-state index in [1.807, 2.05) is 36.2 Å². The van der Waals surface area contributed by atoms with Crippen LogP contribution in [0, 0.1) is 0 Å². The van der Waals surface area contributed by atoms with Gasteiger partial charge in [-0.1, -0.05) is 36.4 Å². The lowest BCUT2D eigenvalue weighted by atomic mass is 10.1. The second-order valence-corrected chi connectivity index (χ2v) is 7.30. The SMILES string of the molecule is CN=C(NCCCC(=O)N1Cc2ccccc2C1)N(C)Cc1ccc(OC)cc1.I. The number of carbonyl (C=O) groups excluding carboxylic acids is 1. The van der Waals surface area contributed by atoms with Gasteiger partial charge in [0.15, 0.2) is 5.96 Å². The summed E-state index contributed by atoms with van der Waals surface area (Å²) in [6.07, 6.45) is 1.32. The summed E-state index contributed by atoms with van der Waals surface area (Å²) >= 11 is 0. The first-order valence-corrected chi connectivity index (χ1v) is 10.00. The maximum atomic E-state index is 12.5. The number of ether oxygens (including phenoxy) is 1. The van der Waals surface area contributed by atoms with Crippen molar-refractivity contribution in [3.05, 3.63) is 65.2 Å². The molecule has 0 saturated heterocycles. The Kier molecular flexibility index (Phi) is 9.42. The van der Waals surface area contributed by atoms with Gasteiger partial charge < -0.3 is 19.9 Å². The van der Waals surface area contributed by atoms with E-state index in [2.05, 4.69) is 39.5 Å². The number of aliphatic imine (C=N–C) groups is 1. The minimum Gasteiger partial charge on any atom is -0.497 e. The zero-order valence-electron chi connectivity index (χ0n) is 17.9. The first kappa shape index (κ1) is 24.0. The van der Waals surface area contributed by atoms with Crippen LogP contribution in [0.3, 0.4) is 0 Å². The lowest BCUT2D eigenvalue weighted by Gasteiger charge is -2.22. The van der Waals surface area contributed by atoms with Gasteiger partial charge in [0.1, 0.15) is 5.75 Å². The number of rotatable bonds is 7. The summed E-state index contributed by atoms with van der Waals surface area (Å²) in [6, 6.07) is 16.3. The molecule has 0 atom stereocenters. The van der Waals surface area contributed by atoms with E-state index in [1.54, 1.807) is 14.2 Å². The van der Waals surface area contributed by atoms with Crippen LogP contribution in [0.5, 0.6) is 5.75 Å². The number of hydrogen-bond acceptors (Lipinski definition) is 3. The number of benzene rings is 2. The summed E-state index contributed by atoms with van der Waals surface area (Å²) < 4.78 is 5.20. The number of nitrogens with zero attached hydrogens (tertiary/aromatic N) is 3. The number of amides is 1. The molecular weight excluding hydrogens is 491 g/mol. The van der Waals surface area contributed by atoms with Crippen LogP contribution in [0.4, 0.5) is 0 Å². The number of guanidine groups is 1. The van der Waals surface area contributed by atoms with E-state index in [0.29, 0.717) is 13.0 Å². The molecule has 1 amide bonds. The first-order valence-electron chi connectivity index (χ1n) is 10.00. The van der Waals surface area contributed by atoms with Gasteiger partial charge in [0.05, 0.1) is 7.11 Å². The molecule has 30 heavy (non-hydrogen) atoms. The number of fused-ring (bicyclic) bond motifs is 1. The Morgan fingerprint density at radius 3 is 2.33 bits per heavy atom. The Bertz CT molecular complexity index is 830. The Labute approximate surface area is 196 Å². The molecule has 0 aliphatic carbocycles. The van der Waals surface area contributed by atoms with Crippen molar-refractivity contribution in [1.29, 1.82) is 0 Å². The zero-order valence-corrected chi connectivity index (χ0v) is 20.3. The fraction of sp³-hybridized carbons (Fsp3) is 0.391. The third-order valence-corrected chi connectivity index (χ3v) is 5.20. The maximum absolute atomic E-state index is 12.5. The standard InChI is InChI=1S/C23H30N4O2.HI/c1-24-23(26(2)15-18-10-12-21(29-3)13-11-18)25-14-6-9-22(28)27-16-19-7-4-5-8-20(19)17-27;/h4-5,7-8,10-13H,6,9,14-17H2,1-3H3,(H,24,25);1H. The monoisotopic (exact) mass is 522 g/mol. The molecule has 3 rings (SSSR count). The highest BCUT2D eigenvalue weighted by Gasteiger charge is 2.22. The molecule has 1 aliphatic heterocycles. The lowest BCUT2D eigenvalue weighted by molar-refractivity contribution is -0.131. The molecule has 0 saturated carbocycles. The Balaban J connectivity index is 0.00000320. The van der Waals surface area contributed by atoms with Crippen LogP contribution in [-0.4, -0.2) is 49.4 Å². The Hall–Kier alpha value is -2.29. The third-order valence-electron chi connectivity index (χ3n) is 5.20. The molecule has 0 aromatic heterocycles. The predicted molar refractivity (Wildman–Crippen MR) is 131 cm³/mol. The molecule has 0 fully saturated rings. The van der Waals surface area contributed by atoms with Gasteiger partial charge in [0.25, 0.3) is 0 Å². The summed E-state index contributed by atoms with van der Waals surface area (Å²) in [5.74, 6) is 1.89. The first-order chi connectivity index (χ1) is 14.1. The van der Waals surface area contributed by atoms with E-state index in [0.717, 1.165) is 37.8 Å². The molecule has 7 heteroatoms. The second kappa shape index (κ2) is 11.8. The van der Waals surface area contributed by atoms with Crippen molar-refractivity contribution in [2.75, 3.05) is 27.7 Å². The average molecular weight is 522 g/mol. The van der Waals surface area contributed by atoms with E-state index < -0.39 is 0 Å².